The van der Waals surface area contributed by atoms with E-state index in [-0.39, 0.29) is 0 Å². The van der Waals surface area contributed by atoms with Gasteiger partial charge in [-0.2, -0.15) is 5.10 Å². The summed E-state index contributed by atoms with van der Waals surface area (Å²) in [4.78, 5) is 1.12. The molecule has 0 atom stereocenters. The predicted octanol–water partition coefficient (Wildman–Crippen LogP) is 2.06. The van der Waals surface area contributed by atoms with Crippen LogP contribution in [0.2, 0.25) is 0 Å². The summed E-state index contributed by atoms with van der Waals surface area (Å²) >= 11 is 1.66. The van der Waals surface area contributed by atoms with Crippen molar-refractivity contribution in [2.45, 2.75) is 37.2 Å². The summed E-state index contributed by atoms with van der Waals surface area (Å²) in [7, 11) is 1.90. The molecule has 0 aliphatic heterocycles. The number of rotatable bonds is 5. The first-order valence-corrected chi connectivity index (χ1v) is 5.92. The number of hydrogen-bond donors (Lipinski definition) is 1. The smallest absolute Gasteiger partial charge is 0.0736 e. The highest BCUT2D eigenvalue weighted by Gasteiger charge is 2.22. The van der Waals surface area contributed by atoms with Gasteiger partial charge in [-0.05, 0) is 12.8 Å². The number of aryl methyl sites for hydroxylation is 1. The van der Waals surface area contributed by atoms with Gasteiger partial charge in [0.15, 0.2) is 0 Å². The molecule has 1 aromatic heterocycles. The lowest BCUT2D eigenvalue weighted by Crippen LogP contribution is -2.29. The molecule has 1 aromatic rings. The molecular weight excluding hydrogens is 196 g/mol. The van der Waals surface area contributed by atoms with Gasteiger partial charge >= 0.3 is 0 Å². The Morgan fingerprint density at radius 3 is 2.57 bits per heavy atom. The van der Waals surface area contributed by atoms with E-state index in [9.17, 15) is 5.11 Å². The summed E-state index contributed by atoms with van der Waals surface area (Å²) in [6.07, 6.45) is 5.40. The van der Waals surface area contributed by atoms with Crippen molar-refractivity contribution in [1.82, 2.24) is 9.78 Å². The Balaban J connectivity index is 2.47. The normalized spacial score (nSPS) is 12.0. The van der Waals surface area contributed by atoms with Crippen LogP contribution in [0.5, 0.6) is 0 Å². The van der Waals surface area contributed by atoms with Crippen LogP contribution in [0.3, 0.4) is 0 Å². The van der Waals surface area contributed by atoms with Crippen molar-refractivity contribution < 1.29 is 5.11 Å². The molecule has 0 spiro atoms. The van der Waals surface area contributed by atoms with Crippen LogP contribution < -0.4 is 0 Å². The van der Waals surface area contributed by atoms with E-state index in [0.29, 0.717) is 0 Å². The highest BCUT2D eigenvalue weighted by atomic mass is 32.2. The summed E-state index contributed by atoms with van der Waals surface area (Å²) in [6.45, 7) is 4.04. The Hall–Kier alpha value is -0.480. The third-order valence-electron chi connectivity index (χ3n) is 2.50. The second kappa shape index (κ2) is 4.84. The average molecular weight is 214 g/mol. The van der Waals surface area contributed by atoms with Crippen molar-refractivity contribution in [1.29, 1.82) is 0 Å². The molecule has 3 nitrogen and oxygen atoms in total. The Morgan fingerprint density at radius 1 is 1.50 bits per heavy atom. The number of hydrogen-bond acceptors (Lipinski definition) is 3. The van der Waals surface area contributed by atoms with Crippen LogP contribution in [-0.4, -0.2) is 26.2 Å². The SMILES string of the molecule is CCC(O)(CC)CSc1cnn(C)c1. The second-order valence-corrected chi connectivity index (χ2v) is 4.62. The van der Waals surface area contributed by atoms with Gasteiger partial charge in [0, 0.05) is 23.9 Å². The fourth-order valence-corrected chi connectivity index (χ4v) is 2.34. The lowest BCUT2D eigenvalue weighted by molar-refractivity contribution is 0.0572. The zero-order valence-corrected chi connectivity index (χ0v) is 9.84. The molecule has 14 heavy (non-hydrogen) atoms. The van der Waals surface area contributed by atoms with Crippen molar-refractivity contribution in [2.24, 2.45) is 7.05 Å². The first kappa shape index (κ1) is 11.6. The Bertz CT molecular complexity index is 281. The third-order valence-corrected chi connectivity index (χ3v) is 3.73. The van der Waals surface area contributed by atoms with Crippen molar-refractivity contribution >= 4 is 11.8 Å². The van der Waals surface area contributed by atoms with E-state index >= 15 is 0 Å². The molecule has 0 aliphatic rings. The molecule has 4 heteroatoms. The largest absolute Gasteiger partial charge is 0.389 e. The van der Waals surface area contributed by atoms with Crippen molar-refractivity contribution in [3.8, 4) is 0 Å². The first-order chi connectivity index (χ1) is 6.59. The van der Waals surface area contributed by atoms with Gasteiger partial charge in [-0.1, -0.05) is 13.8 Å². The summed E-state index contributed by atoms with van der Waals surface area (Å²) < 4.78 is 1.78. The van der Waals surface area contributed by atoms with E-state index in [2.05, 4.69) is 5.10 Å². The molecule has 0 amide bonds. The fraction of sp³-hybridized carbons (Fsp3) is 0.700. The number of aromatic nitrogens is 2. The van der Waals surface area contributed by atoms with Crippen LogP contribution in [0, 0.1) is 0 Å². The molecule has 0 fully saturated rings. The molecule has 80 valence electrons. The standard InChI is InChI=1S/C10H18N2OS/c1-4-10(13,5-2)8-14-9-6-11-12(3)7-9/h6-7,13H,4-5,8H2,1-3H3. The molecule has 0 aliphatic carbocycles. The van der Waals surface area contributed by atoms with Gasteiger partial charge in [0.1, 0.15) is 0 Å². The van der Waals surface area contributed by atoms with Crippen molar-refractivity contribution in [2.75, 3.05) is 5.75 Å². The highest BCUT2D eigenvalue weighted by molar-refractivity contribution is 7.99. The van der Waals surface area contributed by atoms with Crippen molar-refractivity contribution in [3.63, 3.8) is 0 Å². The maximum absolute atomic E-state index is 10.0. The van der Waals surface area contributed by atoms with Gasteiger partial charge in [0.05, 0.1) is 11.8 Å². The van der Waals surface area contributed by atoms with E-state index in [1.807, 2.05) is 33.3 Å². The minimum Gasteiger partial charge on any atom is -0.389 e. The number of aliphatic hydroxyl groups is 1. The molecule has 0 saturated heterocycles. The minimum atomic E-state index is -0.527. The van der Waals surface area contributed by atoms with Gasteiger partial charge in [0.2, 0.25) is 0 Å². The summed E-state index contributed by atoms with van der Waals surface area (Å²) in [6, 6.07) is 0. The molecule has 0 saturated carbocycles. The summed E-state index contributed by atoms with van der Waals surface area (Å²) in [5.41, 5.74) is -0.527. The molecule has 0 aromatic carbocycles. The van der Waals surface area contributed by atoms with Crippen LogP contribution in [0.25, 0.3) is 0 Å². The number of nitrogens with zero attached hydrogens (tertiary/aromatic N) is 2. The van der Waals surface area contributed by atoms with Gasteiger partial charge in [-0.25, -0.2) is 0 Å². The van der Waals surface area contributed by atoms with Crippen LogP contribution in [0.4, 0.5) is 0 Å². The topological polar surface area (TPSA) is 38.1 Å². The van der Waals surface area contributed by atoms with Crippen LogP contribution in [-0.2, 0) is 7.05 Å². The number of thioether (sulfide) groups is 1. The summed E-state index contributed by atoms with van der Waals surface area (Å²) in [5, 5.41) is 14.1. The van der Waals surface area contributed by atoms with E-state index in [4.69, 9.17) is 0 Å². The lowest BCUT2D eigenvalue weighted by atomic mass is 10.0. The average Bonchev–Trinajstić information content (AvgIpc) is 2.61. The van der Waals surface area contributed by atoms with Gasteiger partial charge in [-0.15, -0.1) is 11.8 Å². The van der Waals surface area contributed by atoms with Gasteiger partial charge < -0.3 is 5.11 Å². The summed E-state index contributed by atoms with van der Waals surface area (Å²) in [5.74, 6) is 0.742. The van der Waals surface area contributed by atoms with E-state index < -0.39 is 5.60 Å². The third kappa shape index (κ3) is 3.03. The van der Waals surface area contributed by atoms with Crippen molar-refractivity contribution in [3.05, 3.63) is 12.4 Å². The first-order valence-electron chi connectivity index (χ1n) is 4.93. The molecule has 1 rings (SSSR count). The van der Waals surface area contributed by atoms with Crippen LogP contribution in [0.1, 0.15) is 26.7 Å². The molecule has 0 bridgehead atoms. The Labute approximate surface area is 89.5 Å². The van der Waals surface area contributed by atoms with Crippen LogP contribution >= 0.6 is 11.8 Å². The quantitative estimate of drug-likeness (QED) is 0.762. The monoisotopic (exact) mass is 214 g/mol. The molecular formula is C10H18N2OS. The van der Waals surface area contributed by atoms with Gasteiger partial charge in [-0.3, -0.25) is 4.68 Å². The Kier molecular flexibility index (Phi) is 4.01. The maximum Gasteiger partial charge on any atom is 0.0736 e. The molecule has 1 heterocycles. The lowest BCUT2D eigenvalue weighted by Gasteiger charge is -2.24. The molecule has 0 unspecified atom stereocenters. The van der Waals surface area contributed by atoms with E-state index in [1.54, 1.807) is 16.4 Å². The predicted molar refractivity (Wildman–Crippen MR) is 59.5 cm³/mol. The van der Waals surface area contributed by atoms with E-state index in [1.165, 1.54) is 0 Å². The highest BCUT2D eigenvalue weighted by Crippen LogP contribution is 2.26. The zero-order valence-electron chi connectivity index (χ0n) is 9.03. The fourth-order valence-electron chi connectivity index (χ4n) is 1.15. The molecule has 0 radical (unpaired) electrons. The van der Waals surface area contributed by atoms with E-state index in [0.717, 1.165) is 23.5 Å². The van der Waals surface area contributed by atoms with Crippen LogP contribution in [0.15, 0.2) is 17.3 Å². The minimum absolute atomic E-state index is 0.527. The molecule has 1 N–H and O–H groups in total. The van der Waals surface area contributed by atoms with Gasteiger partial charge in [0.25, 0.3) is 0 Å². The zero-order chi connectivity index (χ0) is 10.6. The maximum atomic E-state index is 10.0. The second-order valence-electron chi connectivity index (χ2n) is 3.57. The Morgan fingerprint density at radius 2 is 2.14 bits per heavy atom.